The van der Waals surface area contributed by atoms with E-state index >= 15 is 0 Å². The van der Waals surface area contributed by atoms with Crippen molar-refractivity contribution in [3.8, 4) is 11.5 Å². The summed E-state index contributed by atoms with van der Waals surface area (Å²) in [6.07, 6.45) is 2.73. The highest BCUT2D eigenvalue weighted by Crippen LogP contribution is 2.27. The van der Waals surface area contributed by atoms with Crippen LogP contribution < -0.4 is 5.32 Å². The van der Waals surface area contributed by atoms with Gasteiger partial charge in [0.1, 0.15) is 11.5 Å². The van der Waals surface area contributed by atoms with E-state index in [2.05, 4.69) is 5.32 Å². The van der Waals surface area contributed by atoms with Crippen molar-refractivity contribution in [3.63, 3.8) is 0 Å². The van der Waals surface area contributed by atoms with Gasteiger partial charge in [-0.2, -0.15) is 0 Å². The second kappa shape index (κ2) is 5.27. The number of nitrogens with one attached hydrogen (secondary N) is 1. The minimum atomic E-state index is -0.377. The zero-order chi connectivity index (χ0) is 13.1. The standard InChI is InChI=1S/C13H17NO4/c15-7-8-2-1-3-11(8)14-13(18)10-5-4-9(16)6-12(10)17/h4-6,8,11,15-17H,1-3,7H2,(H,14,18). The van der Waals surface area contributed by atoms with E-state index in [1.165, 1.54) is 12.1 Å². The molecule has 2 atom stereocenters. The van der Waals surface area contributed by atoms with Crippen LogP contribution in [0.4, 0.5) is 0 Å². The molecule has 1 amide bonds. The summed E-state index contributed by atoms with van der Waals surface area (Å²) in [6.45, 7) is 0.0620. The van der Waals surface area contributed by atoms with Gasteiger partial charge in [0.25, 0.3) is 5.91 Å². The van der Waals surface area contributed by atoms with E-state index in [0.717, 1.165) is 25.3 Å². The summed E-state index contributed by atoms with van der Waals surface area (Å²) in [6, 6.07) is 3.82. The van der Waals surface area contributed by atoms with Gasteiger partial charge < -0.3 is 20.6 Å². The van der Waals surface area contributed by atoms with Crippen molar-refractivity contribution in [3.05, 3.63) is 23.8 Å². The van der Waals surface area contributed by atoms with Crippen LogP contribution in [0.15, 0.2) is 18.2 Å². The number of carbonyl (C=O) groups excluding carboxylic acids is 1. The van der Waals surface area contributed by atoms with Crippen molar-refractivity contribution in [2.24, 2.45) is 5.92 Å². The Morgan fingerprint density at radius 1 is 1.33 bits per heavy atom. The Labute approximate surface area is 105 Å². The molecule has 98 valence electrons. The summed E-state index contributed by atoms with van der Waals surface area (Å²) in [4.78, 5) is 12.0. The molecule has 4 N–H and O–H groups in total. The van der Waals surface area contributed by atoms with Crippen molar-refractivity contribution >= 4 is 5.91 Å². The highest BCUT2D eigenvalue weighted by molar-refractivity contribution is 5.97. The second-order valence-corrected chi connectivity index (χ2v) is 4.65. The van der Waals surface area contributed by atoms with Crippen LogP contribution in [-0.4, -0.2) is 33.9 Å². The highest BCUT2D eigenvalue weighted by Gasteiger charge is 2.28. The molecule has 18 heavy (non-hydrogen) atoms. The Kier molecular flexibility index (Phi) is 3.72. The molecule has 2 rings (SSSR count). The normalized spacial score (nSPS) is 22.9. The van der Waals surface area contributed by atoms with Crippen molar-refractivity contribution in [1.29, 1.82) is 0 Å². The second-order valence-electron chi connectivity index (χ2n) is 4.65. The third-order valence-electron chi connectivity index (χ3n) is 3.44. The zero-order valence-electron chi connectivity index (χ0n) is 9.97. The minimum Gasteiger partial charge on any atom is -0.508 e. The third kappa shape index (κ3) is 2.56. The Balaban J connectivity index is 2.07. The topological polar surface area (TPSA) is 89.8 Å². The lowest BCUT2D eigenvalue weighted by Crippen LogP contribution is -2.38. The number of carbonyl (C=O) groups is 1. The number of aliphatic hydroxyl groups is 1. The Morgan fingerprint density at radius 2 is 2.11 bits per heavy atom. The first-order chi connectivity index (χ1) is 8.61. The number of hydrogen-bond donors (Lipinski definition) is 4. The van der Waals surface area contributed by atoms with E-state index in [0.29, 0.717) is 0 Å². The van der Waals surface area contributed by atoms with E-state index in [9.17, 15) is 15.0 Å². The van der Waals surface area contributed by atoms with Crippen LogP contribution in [0.3, 0.4) is 0 Å². The van der Waals surface area contributed by atoms with Gasteiger partial charge in [-0.25, -0.2) is 0 Å². The number of aliphatic hydroxyl groups excluding tert-OH is 1. The fourth-order valence-electron chi connectivity index (χ4n) is 2.40. The van der Waals surface area contributed by atoms with Gasteiger partial charge in [0.15, 0.2) is 0 Å². The van der Waals surface area contributed by atoms with Crippen LogP contribution in [-0.2, 0) is 0 Å². The number of hydrogen-bond acceptors (Lipinski definition) is 4. The Bertz CT molecular complexity index is 447. The van der Waals surface area contributed by atoms with Gasteiger partial charge in [-0.05, 0) is 25.0 Å². The maximum absolute atomic E-state index is 12.0. The summed E-state index contributed by atoms with van der Waals surface area (Å²) in [5, 5.41) is 30.7. The lowest BCUT2D eigenvalue weighted by molar-refractivity contribution is 0.0913. The number of phenols is 2. The molecule has 0 spiro atoms. The molecule has 0 heterocycles. The number of rotatable bonds is 3. The number of phenolic OH excluding ortho intramolecular Hbond substituents is 2. The molecule has 5 heteroatoms. The number of benzene rings is 1. The average Bonchev–Trinajstić information content (AvgIpc) is 2.76. The number of aromatic hydroxyl groups is 2. The predicted octanol–water partition coefficient (Wildman–Crippen LogP) is 0.989. The summed E-state index contributed by atoms with van der Waals surface area (Å²) < 4.78 is 0. The molecule has 0 aliphatic heterocycles. The molecule has 0 saturated heterocycles. The smallest absolute Gasteiger partial charge is 0.255 e. The summed E-state index contributed by atoms with van der Waals surface area (Å²) in [5.41, 5.74) is 0.136. The Morgan fingerprint density at radius 3 is 2.78 bits per heavy atom. The van der Waals surface area contributed by atoms with E-state index in [1.807, 2.05) is 0 Å². The fraction of sp³-hybridized carbons (Fsp3) is 0.462. The van der Waals surface area contributed by atoms with Crippen LogP contribution in [0.25, 0.3) is 0 Å². The van der Waals surface area contributed by atoms with Crippen molar-refractivity contribution in [1.82, 2.24) is 5.32 Å². The lowest BCUT2D eigenvalue weighted by atomic mass is 10.0. The predicted molar refractivity (Wildman–Crippen MR) is 65.5 cm³/mol. The molecule has 1 aliphatic carbocycles. The molecule has 1 fully saturated rings. The SMILES string of the molecule is O=C(NC1CCCC1CO)c1ccc(O)cc1O. The Hall–Kier alpha value is -1.75. The van der Waals surface area contributed by atoms with Crippen molar-refractivity contribution in [2.45, 2.75) is 25.3 Å². The molecule has 1 aliphatic rings. The van der Waals surface area contributed by atoms with Gasteiger partial charge >= 0.3 is 0 Å². The van der Waals surface area contributed by atoms with E-state index in [4.69, 9.17) is 5.11 Å². The van der Waals surface area contributed by atoms with Crippen molar-refractivity contribution < 1.29 is 20.1 Å². The lowest BCUT2D eigenvalue weighted by Gasteiger charge is -2.19. The molecule has 1 aromatic rings. The monoisotopic (exact) mass is 251 g/mol. The summed E-state index contributed by atoms with van der Waals surface area (Å²) in [5.74, 6) is -0.616. The molecular formula is C13H17NO4. The fourth-order valence-corrected chi connectivity index (χ4v) is 2.40. The van der Waals surface area contributed by atoms with Gasteiger partial charge in [-0.1, -0.05) is 6.42 Å². The van der Waals surface area contributed by atoms with E-state index in [-0.39, 0.29) is 41.5 Å². The highest BCUT2D eigenvalue weighted by atomic mass is 16.3. The first-order valence-corrected chi connectivity index (χ1v) is 6.05. The summed E-state index contributed by atoms with van der Waals surface area (Å²) in [7, 11) is 0. The number of amides is 1. The molecule has 1 saturated carbocycles. The van der Waals surface area contributed by atoms with Crippen LogP contribution in [0.5, 0.6) is 11.5 Å². The molecule has 2 unspecified atom stereocenters. The van der Waals surface area contributed by atoms with Crippen LogP contribution in [0.1, 0.15) is 29.6 Å². The maximum Gasteiger partial charge on any atom is 0.255 e. The van der Waals surface area contributed by atoms with Gasteiger partial charge in [0.2, 0.25) is 0 Å². The average molecular weight is 251 g/mol. The minimum absolute atomic E-state index is 0.0456. The van der Waals surface area contributed by atoms with Gasteiger partial charge in [-0.3, -0.25) is 4.79 Å². The van der Waals surface area contributed by atoms with Crippen LogP contribution in [0.2, 0.25) is 0 Å². The van der Waals surface area contributed by atoms with Gasteiger partial charge in [0.05, 0.1) is 5.56 Å². The quantitative estimate of drug-likeness (QED) is 0.645. The van der Waals surface area contributed by atoms with Gasteiger partial charge in [-0.15, -0.1) is 0 Å². The van der Waals surface area contributed by atoms with Crippen LogP contribution >= 0.6 is 0 Å². The van der Waals surface area contributed by atoms with Gasteiger partial charge in [0, 0.05) is 24.6 Å². The van der Waals surface area contributed by atoms with E-state index < -0.39 is 0 Å². The summed E-state index contributed by atoms with van der Waals surface area (Å²) >= 11 is 0. The largest absolute Gasteiger partial charge is 0.508 e. The van der Waals surface area contributed by atoms with Crippen molar-refractivity contribution in [2.75, 3.05) is 6.61 Å². The maximum atomic E-state index is 12.0. The zero-order valence-corrected chi connectivity index (χ0v) is 9.97. The molecule has 0 aromatic heterocycles. The molecule has 0 radical (unpaired) electrons. The molecule has 1 aromatic carbocycles. The first kappa shape index (κ1) is 12.7. The van der Waals surface area contributed by atoms with E-state index in [1.54, 1.807) is 0 Å². The molecular weight excluding hydrogens is 234 g/mol. The first-order valence-electron chi connectivity index (χ1n) is 6.05. The molecule has 0 bridgehead atoms. The molecule has 5 nitrogen and oxygen atoms in total. The third-order valence-corrected chi connectivity index (χ3v) is 3.44. The van der Waals surface area contributed by atoms with Crippen LogP contribution in [0, 0.1) is 5.92 Å².